The zero-order chi connectivity index (χ0) is 17.5. The van der Waals surface area contributed by atoms with E-state index in [1.165, 1.54) is 17.7 Å². The fourth-order valence-corrected chi connectivity index (χ4v) is 2.93. The Kier molecular flexibility index (Phi) is 6.73. The van der Waals surface area contributed by atoms with Gasteiger partial charge >= 0.3 is 0 Å². The molecule has 0 unspecified atom stereocenters. The summed E-state index contributed by atoms with van der Waals surface area (Å²) in [5.74, 6) is -0.193. The highest BCUT2D eigenvalue weighted by Crippen LogP contribution is 2.09. The Morgan fingerprint density at radius 3 is 2.21 bits per heavy atom. The molecule has 0 N–H and O–H groups in total. The number of aryl methyl sites for hydroxylation is 1. The second-order valence-corrected chi connectivity index (χ2v) is 6.60. The van der Waals surface area contributed by atoms with Gasteiger partial charge in [0.2, 0.25) is 5.91 Å². The van der Waals surface area contributed by atoms with Crippen molar-refractivity contribution in [2.45, 2.75) is 39.7 Å². The number of rotatable bonds is 6. The molecule has 1 saturated heterocycles. The van der Waals surface area contributed by atoms with Gasteiger partial charge in [-0.15, -0.1) is 0 Å². The molecule has 0 bridgehead atoms. The molecule has 1 aromatic rings. The fourth-order valence-electron chi connectivity index (χ4n) is 2.93. The van der Waals surface area contributed by atoms with E-state index < -0.39 is 0 Å². The zero-order valence-corrected chi connectivity index (χ0v) is 15.0. The van der Waals surface area contributed by atoms with Crippen LogP contribution in [0.1, 0.15) is 43.1 Å². The van der Waals surface area contributed by atoms with Crippen LogP contribution in [0.4, 0.5) is 0 Å². The summed E-state index contributed by atoms with van der Waals surface area (Å²) in [5, 5.41) is 0. The molecule has 1 aromatic carbocycles. The first kappa shape index (κ1) is 18.4. The highest BCUT2D eigenvalue weighted by molar-refractivity contribution is 6.07. The molecule has 1 aliphatic rings. The highest BCUT2D eigenvalue weighted by atomic mass is 16.2. The number of carbonyl (C=O) groups excluding carboxylic acids is 2. The lowest BCUT2D eigenvalue weighted by Gasteiger charge is -2.36. The molecular weight excluding hydrogens is 300 g/mol. The summed E-state index contributed by atoms with van der Waals surface area (Å²) < 4.78 is 0. The minimum absolute atomic E-state index is 0.0747. The van der Waals surface area contributed by atoms with Crippen LogP contribution in [0.3, 0.4) is 0 Å². The molecule has 0 radical (unpaired) electrons. The molecule has 4 nitrogen and oxygen atoms in total. The standard InChI is InChI=1S/C20H28N2O2/c1-4-5-17-6-8-18(9-7-17)19(23)10-11-20(24)22-14-12-21(13-15-22)16(2)3/h6-11,16H,4-5,12-15H2,1-3H3/b11-10+. The Hall–Kier alpha value is -1.94. The van der Waals surface area contributed by atoms with E-state index in [4.69, 9.17) is 0 Å². The van der Waals surface area contributed by atoms with Gasteiger partial charge in [-0.2, -0.15) is 0 Å². The van der Waals surface area contributed by atoms with E-state index in [1.54, 1.807) is 0 Å². The summed E-state index contributed by atoms with van der Waals surface area (Å²) in [6.07, 6.45) is 4.91. The Morgan fingerprint density at radius 2 is 1.67 bits per heavy atom. The van der Waals surface area contributed by atoms with E-state index in [1.807, 2.05) is 29.2 Å². The lowest BCUT2D eigenvalue weighted by Crippen LogP contribution is -2.50. The van der Waals surface area contributed by atoms with Gasteiger partial charge in [0.1, 0.15) is 0 Å². The van der Waals surface area contributed by atoms with E-state index in [2.05, 4.69) is 25.7 Å². The molecule has 1 amide bonds. The van der Waals surface area contributed by atoms with Crippen molar-refractivity contribution in [2.24, 2.45) is 0 Å². The predicted molar refractivity (Wildman–Crippen MR) is 97.2 cm³/mol. The normalized spacial score (nSPS) is 16.1. The van der Waals surface area contributed by atoms with Crippen molar-refractivity contribution in [2.75, 3.05) is 26.2 Å². The van der Waals surface area contributed by atoms with Crippen LogP contribution in [0.5, 0.6) is 0 Å². The molecule has 1 heterocycles. The number of benzene rings is 1. The number of allylic oxidation sites excluding steroid dienone is 1. The monoisotopic (exact) mass is 328 g/mol. The summed E-state index contributed by atoms with van der Waals surface area (Å²) in [4.78, 5) is 28.6. The summed E-state index contributed by atoms with van der Waals surface area (Å²) >= 11 is 0. The average molecular weight is 328 g/mol. The van der Waals surface area contributed by atoms with Crippen LogP contribution < -0.4 is 0 Å². The van der Waals surface area contributed by atoms with Crippen molar-refractivity contribution < 1.29 is 9.59 Å². The smallest absolute Gasteiger partial charge is 0.246 e. The Morgan fingerprint density at radius 1 is 1.04 bits per heavy atom. The third kappa shape index (κ3) is 5.03. The lowest BCUT2D eigenvalue weighted by atomic mass is 10.1. The van der Waals surface area contributed by atoms with Gasteiger partial charge in [-0.3, -0.25) is 14.5 Å². The first-order chi connectivity index (χ1) is 11.5. The Balaban J connectivity index is 1.88. The number of ketones is 1. The number of hydrogen-bond acceptors (Lipinski definition) is 3. The minimum atomic E-state index is -0.118. The molecule has 4 heteroatoms. The molecule has 1 fully saturated rings. The quantitative estimate of drug-likeness (QED) is 0.595. The number of nitrogens with zero attached hydrogens (tertiary/aromatic N) is 2. The third-order valence-electron chi connectivity index (χ3n) is 4.51. The summed E-state index contributed by atoms with van der Waals surface area (Å²) in [6.45, 7) is 9.70. The van der Waals surface area contributed by atoms with Gasteiger partial charge in [0.25, 0.3) is 0 Å². The van der Waals surface area contributed by atoms with Crippen LogP contribution >= 0.6 is 0 Å². The maximum atomic E-state index is 12.2. The minimum Gasteiger partial charge on any atom is -0.337 e. The largest absolute Gasteiger partial charge is 0.337 e. The molecule has 0 aliphatic carbocycles. The van der Waals surface area contributed by atoms with Crippen molar-refractivity contribution >= 4 is 11.7 Å². The van der Waals surface area contributed by atoms with Crippen molar-refractivity contribution in [3.8, 4) is 0 Å². The van der Waals surface area contributed by atoms with Crippen LogP contribution in [0.25, 0.3) is 0 Å². The average Bonchev–Trinajstić information content (AvgIpc) is 2.60. The van der Waals surface area contributed by atoms with E-state index in [9.17, 15) is 9.59 Å². The Labute approximate surface area is 145 Å². The maximum Gasteiger partial charge on any atom is 0.246 e. The topological polar surface area (TPSA) is 40.6 Å². The maximum absolute atomic E-state index is 12.2. The van der Waals surface area contributed by atoms with Crippen molar-refractivity contribution in [3.63, 3.8) is 0 Å². The molecule has 1 aliphatic heterocycles. The van der Waals surface area contributed by atoms with E-state index in [0.29, 0.717) is 11.6 Å². The molecule has 0 atom stereocenters. The molecule has 24 heavy (non-hydrogen) atoms. The van der Waals surface area contributed by atoms with Crippen molar-refractivity contribution in [1.82, 2.24) is 9.80 Å². The van der Waals surface area contributed by atoms with Gasteiger partial charge in [0, 0.05) is 43.9 Å². The van der Waals surface area contributed by atoms with E-state index in [-0.39, 0.29) is 11.7 Å². The number of amides is 1. The number of carbonyl (C=O) groups is 2. The molecule has 0 saturated carbocycles. The Bertz CT molecular complexity index is 582. The number of piperazine rings is 1. The summed E-state index contributed by atoms with van der Waals surface area (Å²) in [7, 11) is 0. The molecule has 2 rings (SSSR count). The van der Waals surface area contributed by atoms with Crippen LogP contribution in [0.15, 0.2) is 36.4 Å². The SMILES string of the molecule is CCCc1ccc(C(=O)/C=C/C(=O)N2CCN(C(C)C)CC2)cc1. The van der Waals surface area contributed by atoms with Crippen LogP contribution in [-0.2, 0) is 11.2 Å². The van der Waals surface area contributed by atoms with E-state index >= 15 is 0 Å². The van der Waals surface area contributed by atoms with Crippen LogP contribution in [0, 0.1) is 0 Å². The highest BCUT2D eigenvalue weighted by Gasteiger charge is 2.21. The molecule has 0 aromatic heterocycles. The number of hydrogen-bond donors (Lipinski definition) is 0. The fraction of sp³-hybridized carbons (Fsp3) is 0.500. The van der Waals surface area contributed by atoms with Gasteiger partial charge < -0.3 is 4.90 Å². The first-order valence-corrected chi connectivity index (χ1v) is 8.85. The van der Waals surface area contributed by atoms with Crippen molar-refractivity contribution in [1.29, 1.82) is 0 Å². The van der Waals surface area contributed by atoms with E-state index in [0.717, 1.165) is 39.0 Å². The van der Waals surface area contributed by atoms with Gasteiger partial charge in [0.05, 0.1) is 0 Å². The second kappa shape index (κ2) is 8.78. The molecule has 130 valence electrons. The molecular formula is C20H28N2O2. The van der Waals surface area contributed by atoms with Gasteiger partial charge in [0.15, 0.2) is 5.78 Å². The lowest BCUT2D eigenvalue weighted by molar-refractivity contribution is -0.128. The van der Waals surface area contributed by atoms with Gasteiger partial charge in [-0.25, -0.2) is 0 Å². The van der Waals surface area contributed by atoms with Crippen LogP contribution in [0.2, 0.25) is 0 Å². The van der Waals surface area contributed by atoms with Crippen molar-refractivity contribution in [3.05, 3.63) is 47.5 Å². The van der Waals surface area contributed by atoms with Gasteiger partial charge in [-0.05, 0) is 31.9 Å². The summed E-state index contributed by atoms with van der Waals surface area (Å²) in [5.41, 5.74) is 1.86. The summed E-state index contributed by atoms with van der Waals surface area (Å²) in [6, 6.07) is 8.15. The zero-order valence-electron chi connectivity index (χ0n) is 15.0. The molecule has 0 spiro atoms. The van der Waals surface area contributed by atoms with Gasteiger partial charge in [-0.1, -0.05) is 37.6 Å². The second-order valence-electron chi connectivity index (χ2n) is 6.60. The predicted octanol–water partition coefficient (Wildman–Crippen LogP) is 2.93. The first-order valence-electron chi connectivity index (χ1n) is 8.85. The third-order valence-corrected chi connectivity index (χ3v) is 4.51. The van der Waals surface area contributed by atoms with Crippen LogP contribution in [-0.4, -0.2) is 53.7 Å².